The van der Waals surface area contributed by atoms with E-state index < -0.39 is 0 Å². The van der Waals surface area contributed by atoms with Gasteiger partial charge in [-0.2, -0.15) is 0 Å². The fraction of sp³-hybridized carbons (Fsp3) is 0.0370. The lowest BCUT2D eigenvalue weighted by Crippen LogP contribution is -2.05. The van der Waals surface area contributed by atoms with Crippen LogP contribution in [0.15, 0.2) is 205 Å². The summed E-state index contributed by atoms with van der Waals surface area (Å²) in [4.78, 5) is 30.0. The number of hydrogen-bond donors (Lipinski definition) is 0. The van der Waals surface area contributed by atoms with E-state index >= 15 is 0 Å². The smallest absolute Gasteiger partial charge is 0.164 e. The van der Waals surface area contributed by atoms with E-state index in [1.807, 2.05) is 109 Å². The SMILES string of the molecule is C1=CC(c2ccc3oc4cccc(-c5nc(-c6ccccc6)nc(-c6ccc(-c7ccccc7)cc6)n5)c4c3c2)CC=C1c1nc(-c2ccccc2)nc(-c2ccccc2)n1. The van der Waals surface area contributed by atoms with Crippen molar-refractivity contribution in [2.75, 3.05) is 0 Å². The molecule has 1 atom stereocenters. The second-order valence-electron chi connectivity index (χ2n) is 15.1. The first-order chi connectivity index (χ1) is 30.2. The van der Waals surface area contributed by atoms with Crippen molar-refractivity contribution in [2.45, 2.75) is 12.3 Å². The van der Waals surface area contributed by atoms with Gasteiger partial charge in [-0.3, -0.25) is 0 Å². The first-order valence-electron chi connectivity index (χ1n) is 20.4. The standard InChI is InChI=1S/C54H36N6O/c1-5-14-35(15-6-1)36-24-28-42(29-25-36)53-58-51(40-20-11-4-12-21-40)59-54(60-53)44-22-13-23-47-48(44)45-34-43(32-33-46(45)61-47)37-26-30-41(31-27-37)52-56-49(38-16-7-2-8-17-38)55-50(57-52)39-18-9-3-10-19-39/h1-26,28-34,37H,27H2. The Morgan fingerprint density at radius 3 is 1.41 bits per heavy atom. The van der Waals surface area contributed by atoms with E-state index in [0.717, 1.165) is 72.9 Å². The van der Waals surface area contributed by atoms with Gasteiger partial charge in [0.05, 0.1) is 0 Å². The molecule has 11 rings (SSSR count). The van der Waals surface area contributed by atoms with Crippen molar-refractivity contribution in [1.29, 1.82) is 0 Å². The van der Waals surface area contributed by atoms with Gasteiger partial charge in [0.1, 0.15) is 11.2 Å². The summed E-state index contributed by atoms with van der Waals surface area (Å²) in [5, 5.41) is 1.98. The van der Waals surface area contributed by atoms with E-state index in [-0.39, 0.29) is 5.92 Å². The predicted octanol–water partition coefficient (Wildman–Crippen LogP) is 13.1. The average molecular weight is 785 g/mol. The van der Waals surface area contributed by atoms with Gasteiger partial charge in [0.25, 0.3) is 0 Å². The van der Waals surface area contributed by atoms with Crippen molar-refractivity contribution in [2.24, 2.45) is 0 Å². The zero-order valence-electron chi connectivity index (χ0n) is 32.9. The average Bonchev–Trinajstić information content (AvgIpc) is 3.73. The highest BCUT2D eigenvalue weighted by Gasteiger charge is 2.21. The molecule has 10 aromatic rings. The summed E-state index contributed by atoms with van der Waals surface area (Å²) in [7, 11) is 0. The Morgan fingerprint density at radius 2 is 0.869 bits per heavy atom. The third-order valence-electron chi connectivity index (χ3n) is 11.2. The third kappa shape index (κ3) is 7.08. The van der Waals surface area contributed by atoms with Crippen LogP contribution in [0.1, 0.15) is 23.7 Å². The van der Waals surface area contributed by atoms with Crippen LogP contribution in [0.4, 0.5) is 0 Å². The quantitative estimate of drug-likeness (QED) is 0.151. The Hall–Kier alpha value is -8.16. The van der Waals surface area contributed by atoms with Crippen LogP contribution in [-0.2, 0) is 0 Å². The maximum absolute atomic E-state index is 6.49. The normalized spacial score (nSPS) is 13.7. The molecular weight excluding hydrogens is 749 g/mol. The molecule has 3 heterocycles. The van der Waals surface area contributed by atoms with Crippen molar-refractivity contribution < 1.29 is 4.42 Å². The number of fused-ring (bicyclic) bond motifs is 3. The Morgan fingerprint density at radius 1 is 0.393 bits per heavy atom. The molecule has 288 valence electrons. The summed E-state index contributed by atoms with van der Waals surface area (Å²) in [6, 6.07) is 61.6. The lowest BCUT2D eigenvalue weighted by atomic mass is 9.89. The van der Waals surface area contributed by atoms with Crippen LogP contribution in [0.25, 0.3) is 95.6 Å². The van der Waals surface area contributed by atoms with Crippen molar-refractivity contribution in [3.63, 3.8) is 0 Å². The maximum atomic E-state index is 6.49. The van der Waals surface area contributed by atoms with Gasteiger partial charge in [0.2, 0.25) is 0 Å². The van der Waals surface area contributed by atoms with Crippen LogP contribution in [0.2, 0.25) is 0 Å². The molecule has 7 aromatic carbocycles. The van der Waals surface area contributed by atoms with Crippen LogP contribution in [0, 0.1) is 0 Å². The molecule has 0 radical (unpaired) electrons. The highest BCUT2D eigenvalue weighted by Crippen LogP contribution is 2.39. The molecule has 0 aliphatic heterocycles. The molecule has 0 bridgehead atoms. The molecule has 0 saturated carbocycles. The minimum absolute atomic E-state index is 0.140. The summed E-state index contributed by atoms with van der Waals surface area (Å²) in [5.41, 5.74) is 10.6. The summed E-state index contributed by atoms with van der Waals surface area (Å²) < 4.78 is 6.49. The molecule has 1 aliphatic rings. The van der Waals surface area contributed by atoms with E-state index in [1.165, 1.54) is 5.56 Å². The lowest BCUT2D eigenvalue weighted by molar-refractivity contribution is 0.668. The molecule has 0 fully saturated rings. The van der Waals surface area contributed by atoms with Crippen LogP contribution in [0.5, 0.6) is 0 Å². The van der Waals surface area contributed by atoms with Gasteiger partial charge in [-0.25, -0.2) is 29.9 Å². The maximum Gasteiger partial charge on any atom is 0.164 e. The molecule has 7 heteroatoms. The van der Waals surface area contributed by atoms with Gasteiger partial charge < -0.3 is 4.42 Å². The van der Waals surface area contributed by atoms with Crippen LogP contribution < -0.4 is 0 Å². The third-order valence-corrected chi connectivity index (χ3v) is 11.2. The Balaban J connectivity index is 0.957. The number of rotatable bonds is 8. The number of allylic oxidation sites excluding steroid dienone is 4. The highest BCUT2D eigenvalue weighted by atomic mass is 16.3. The lowest BCUT2D eigenvalue weighted by Gasteiger charge is -2.17. The highest BCUT2D eigenvalue weighted by molar-refractivity contribution is 6.12. The summed E-state index contributed by atoms with van der Waals surface area (Å²) in [6.07, 6.45) is 7.41. The van der Waals surface area contributed by atoms with Crippen molar-refractivity contribution in [3.05, 3.63) is 212 Å². The first-order valence-corrected chi connectivity index (χ1v) is 20.4. The fourth-order valence-corrected chi connectivity index (χ4v) is 8.02. The second kappa shape index (κ2) is 15.5. The van der Waals surface area contributed by atoms with Crippen molar-refractivity contribution >= 4 is 27.5 Å². The van der Waals surface area contributed by atoms with Gasteiger partial charge in [-0.1, -0.05) is 182 Å². The van der Waals surface area contributed by atoms with E-state index in [2.05, 4.69) is 91.0 Å². The summed E-state index contributed by atoms with van der Waals surface area (Å²) in [6.45, 7) is 0. The Bertz CT molecular complexity index is 3200. The molecule has 0 saturated heterocycles. The van der Waals surface area contributed by atoms with E-state index in [0.29, 0.717) is 34.9 Å². The Labute approximate surface area is 352 Å². The number of hydrogen-bond acceptors (Lipinski definition) is 7. The van der Waals surface area contributed by atoms with Crippen molar-refractivity contribution in [3.8, 4) is 68.1 Å². The van der Waals surface area contributed by atoms with Crippen LogP contribution >= 0.6 is 0 Å². The van der Waals surface area contributed by atoms with E-state index in [1.54, 1.807) is 0 Å². The molecule has 1 unspecified atom stereocenters. The predicted molar refractivity (Wildman–Crippen MR) is 244 cm³/mol. The van der Waals surface area contributed by atoms with Crippen LogP contribution in [0.3, 0.4) is 0 Å². The Kier molecular flexibility index (Phi) is 9.16. The monoisotopic (exact) mass is 784 g/mol. The van der Waals surface area contributed by atoms with E-state index in [4.69, 9.17) is 34.3 Å². The molecule has 61 heavy (non-hydrogen) atoms. The van der Waals surface area contributed by atoms with E-state index in [9.17, 15) is 0 Å². The van der Waals surface area contributed by atoms with Gasteiger partial charge in [-0.15, -0.1) is 0 Å². The van der Waals surface area contributed by atoms with Crippen LogP contribution in [-0.4, -0.2) is 29.9 Å². The topological polar surface area (TPSA) is 90.5 Å². The molecule has 0 amide bonds. The summed E-state index contributed by atoms with van der Waals surface area (Å²) >= 11 is 0. The number of aromatic nitrogens is 6. The van der Waals surface area contributed by atoms with Gasteiger partial charge in [0, 0.05) is 50.1 Å². The van der Waals surface area contributed by atoms with Crippen molar-refractivity contribution in [1.82, 2.24) is 29.9 Å². The molecule has 0 spiro atoms. The zero-order chi connectivity index (χ0) is 40.5. The molecular formula is C54H36N6O. The molecule has 7 nitrogen and oxygen atoms in total. The first kappa shape index (κ1) is 36.0. The van der Waals surface area contributed by atoms with Gasteiger partial charge in [-0.05, 0) is 41.3 Å². The minimum Gasteiger partial charge on any atom is -0.456 e. The zero-order valence-corrected chi connectivity index (χ0v) is 32.9. The molecule has 3 aromatic heterocycles. The molecule has 1 aliphatic carbocycles. The second-order valence-corrected chi connectivity index (χ2v) is 15.1. The number of nitrogens with zero attached hydrogens (tertiary/aromatic N) is 6. The van der Waals surface area contributed by atoms with Gasteiger partial charge in [0.15, 0.2) is 34.9 Å². The molecule has 0 N–H and O–H groups in total. The largest absolute Gasteiger partial charge is 0.456 e. The minimum atomic E-state index is 0.140. The fourth-order valence-electron chi connectivity index (χ4n) is 8.02. The number of furan rings is 1. The summed E-state index contributed by atoms with van der Waals surface area (Å²) in [5.74, 6) is 3.89. The number of benzene rings is 7. The van der Waals surface area contributed by atoms with Gasteiger partial charge >= 0.3 is 0 Å².